The number of hydrazone groups is 1. The molecule has 0 bridgehead atoms. The molecule has 1 heterocycles. The molecule has 1 N–H and O–H groups in total. The Labute approximate surface area is 220 Å². The first-order valence-electron chi connectivity index (χ1n) is 11.2. The van der Waals surface area contributed by atoms with Gasteiger partial charge in [0.15, 0.2) is 0 Å². The predicted octanol–water partition coefficient (Wildman–Crippen LogP) is 4.66. The van der Waals surface area contributed by atoms with E-state index in [1.807, 2.05) is 18.2 Å². The van der Waals surface area contributed by atoms with Crippen LogP contribution in [-0.4, -0.2) is 32.1 Å². The fraction of sp³-hybridized carbons (Fsp3) is 0.0741. The molecule has 1 amide bonds. The van der Waals surface area contributed by atoms with Crippen molar-refractivity contribution < 1.29 is 17.9 Å². The third kappa shape index (κ3) is 7.16. The van der Waals surface area contributed by atoms with E-state index in [4.69, 9.17) is 16.3 Å². The molecule has 3 aromatic carbocycles. The quantitative estimate of drug-likeness (QED) is 0.235. The molecule has 10 heteroatoms. The van der Waals surface area contributed by atoms with E-state index in [-0.39, 0.29) is 10.6 Å². The molecule has 1 aromatic heterocycles. The lowest BCUT2D eigenvalue weighted by atomic mass is 10.2. The normalized spacial score (nSPS) is 11.3. The number of carbonyl (C=O) groups is 1. The lowest BCUT2D eigenvalue weighted by Gasteiger charge is -2.23. The van der Waals surface area contributed by atoms with Crippen LogP contribution in [0.25, 0.3) is 0 Å². The highest BCUT2D eigenvalue weighted by molar-refractivity contribution is 7.92. The molecule has 4 rings (SSSR count). The number of nitrogens with one attached hydrogen (secondary N) is 1. The van der Waals surface area contributed by atoms with Crippen molar-refractivity contribution in [1.82, 2.24) is 10.4 Å². The Hall–Kier alpha value is -4.21. The number of ether oxygens (including phenoxy) is 1. The summed E-state index contributed by atoms with van der Waals surface area (Å²) < 4.78 is 33.2. The maximum absolute atomic E-state index is 13.2. The van der Waals surface area contributed by atoms with Crippen LogP contribution in [0.5, 0.6) is 5.75 Å². The zero-order valence-electron chi connectivity index (χ0n) is 19.6. The van der Waals surface area contributed by atoms with E-state index in [1.165, 1.54) is 30.7 Å². The minimum atomic E-state index is -4.00. The minimum Gasteiger partial charge on any atom is -0.489 e. The van der Waals surface area contributed by atoms with Crippen molar-refractivity contribution in [2.45, 2.75) is 11.5 Å². The van der Waals surface area contributed by atoms with Crippen LogP contribution in [0.1, 0.15) is 11.1 Å². The van der Waals surface area contributed by atoms with Crippen LogP contribution in [0.2, 0.25) is 5.02 Å². The standard InChI is InChI=1S/C27H23ClN4O4S/c28-23-7-4-6-22(16-23)20-36-25-13-11-21(12-14-25)17-30-31-27(33)19-32(24-8-5-15-29-18-24)37(34,35)26-9-2-1-3-10-26/h1-18H,19-20H2,(H,31,33)/b30-17-. The zero-order chi connectivity index (χ0) is 26.1. The van der Waals surface area contributed by atoms with Crippen molar-refractivity contribution in [2.24, 2.45) is 5.10 Å². The van der Waals surface area contributed by atoms with E-state index in [0.29, 0.717) is 17.4 Å². The van der Waals surface area contributed by atoms with E-state index in [0.717, 1.165) is 15.4 Å². The van der Waals surface area contributed by atoms with Gasteiger partial charge >= 0.3 is 0 Å². The summed E-state index contributed by atoms with van der Waals surface area (Å²) in [6, 6.07) is 25.6. The lowest BCUT2D eigenvalue weighted by Crippen LogP contribution is -2.39. The molecule has 8 nitrogen and oxygen atoms in total. The van der Waals surface area contributed by atoms with Crippen LogP contribution in [-0.2, 0) is 21.4 Å². The minimum absolute atomic E-state index is 0.0628. The number of benzene rings is 3. The second-order valence-corrected chi connectivity index (χ2v) is 10.1. The molecule has 0 saturated carbocycles. The van der Waals surface area contributed by atoms with Gasteiger partial charge in [0, 0.05) is 11.2 Å². The highest BCUT2D eigenvalue weighted by Gasteiger charge is 2.27. The number of carbonyl (C=O) groups excluding carboxylic acids is 1. The second kappa shape index (κ2) is 12.2. The molecule has 0 fully saturated rings. The summed E-state index contributed by atoms with van der Waals surface area (Å²) in [4.78, 5) is 16.7. The molecular formula is C27H23ClN4O4S. The summed E-state index contributed by atoms with van der Waals surface area (Å²) in [7, 11) is -4.00. The average Bonchev–Trinajstić information content (AvgIpc) is 2.92. The van der Waals surface area contributed by atoms with Gasteiger partial charge in [-0.2, -0.15) is 5.10 Å². The average molecular weight is 535 g/mol. The molecule has 0 unspecified atom stereocenters. The van der Waals surface area contributed by atoms with Crippen molar-refractivity contribution in [3.05, 3.63) is 120 Å². The molecule has 188 valence electrons. The van der Waals surface area contributed by atoms with Gasteiger partial charge in [-0.25, -0.2) is 13.8 Å². The topological polar surface area (TPSA) is 101 Å². The second-order valence-electron chi connectivity index (χ2n) is 7.82. The number of halogens is 1. The Bertz CT molecular complexity index is 1470. The van der Waals surface area contributed by atoms with Gasteiger partial charge in [0.2, 0.25) is 0 Å². The number of nitrogens with zero attached hydrogens (tertiary/aromatic N) is 3. The summed E-state index contributed by atoms with van der Waals surface area (Å²) >= 11 is 5.99. The summed E-state index contributed by atoms with van der Waals surface area (Å²) in [5.41, 5.74) is 4.32. The Morgan fingerprint density at radius 2 is 1.78 bits per heavy atom. The van der Waals surface area contributed by atoms with Crippen LogP contribution in [0, 0.1) is 0 Å². The fourth-order valence-electron chi connectivity index (χ4n) is 3.32. The third-order valence-corrected chi connectivity index (χ3v) is 7.15. The van der Waals surface area contributed by atoms with Gasteiger partial charge in [-0.05, 0) is 71.8 Å². The van der Waals surface area contributed by atoms with E-state index in [1.54, 1.807) is 60.7 Å². The number of hydrogen-bond donors (Lipinski definition) is 1. The smallest absolute Gasteiger partial charge is 0.264 e. The van der Waals surface area contributed by atoms with Crippen LogP contribution in [0.3, 0.4) is 0 Å². The SMILES string of the molecule is O=C(CN(c1cccnc1)S(=O)(=O)c1ccccc1)N/N=C\c1ccc(OCc2cccc(Cl)c2)cc1. The maximum Gasteiger partial charge on any atom is 0.264 e. The van der Waals surface area contributed by atoms with Gasteiger partial charge in [0.1, 0.15) is 18.9 Å². The van der Waals surface area contributed by atoms with Gasteiger partial charge in [-0.3, -0.25) is 14.1 Å². The zero-order valence-corrected chi connectivity index (χ0v) is 21.1. The summed E-state index contributed by atoms with van der Waals surface area (Å²) in [5, 5.41) is 4.61. The van der Waals surface area contributed by atoms with Gasteiger partial charge in [0.05, 0.1) is 23.0 Å². The van der Waals surface area contributed by atoms with Crippen molar-refractivity contribution >= 4 is 39.4 Å². The summed E-state index contributed by atoms with van der Waals surface area (Å²) in [5.74, 6) is 0.0560. The van der Waals surface area contributed by atoms with Crippen LogP contribution >= 0.6 is 11.6 Å². The van der Waals surface area contributed by atoms with Crippen molar-refractivity contribution in [3.63, 3.8) is 0 Å². The Morgan fingerprint density at radius 1 is 1.00 bits per heavy atom. The van der Waals surface area contributed by atoms with Crippen molar-refractivity contribution in [2.75, 3.05) is 10.8 Å². The highest BCUT2D eigenvalue weighted by atomic mass is 35.5. The van der Waals surface area contributed by atoms with Crippen LogP contribution in [0.15, 0.2) is 113 Å². The molecular weight excluding hydrogens is 512 g/mol. The number of rotatable bonds is 10. The van der Waals surface area contributed by atoms with Gasteiger partial charge in [-0.15, -0.1) is 0 Å². The van der Waals surface area contributed by atoms with E-state index >= 15 is 0 Å². The monoisotopic (exact) mass is 534 g/mol. The first-order valence-corrected chi connectivity index (χ1v) is 13.0. The molecule has 0 aliphatic rings. The molecule has 0 aliphatic carbocycles. The fourth-order valence-corrected chi connectivity index (χ4v) is 4.97. The first-order chi connectivity index (χ1) is 17.9. The van der Waals surface area contributed by atoms with E-state index in [9.17, 15) is 13.2 Å². The molecule has 0 spiro atoms. The van der Waals surface area contributed by atoms with Gasteiger partial charge in [-0.1, -0.05) is 41.9 Å². The number of sulfonamides is 1. The van der Waals surface area contributed by atoms with Gasteiger partial charge in [0.25, 0.3) is 15.9 Å². The van der Waals surface area contributed by atoms with E-state index < -0.39 is 22.5 Å². The Morgan fingerprint density at radius 3 is 2.49 bits per heavy atom. The van der Waals surface area contributed by atoms with E-state index in [2.05, 4.69) is 15.5 Å². The van der Waals surface area contributed by atoms with Crippen molar-refractivity contribution in [3.8, 4) is 5.75 Å². The molecule has 0 atom stereocenters. The molecule has 4 aromatic rings. The van der Waals surface area contributed by atoms with Crippen LogP contribution in [0.4, 0.5) is 5.69 Å². The van der Waals surface area contributed by atoms with Crippen molar-refractivity contribution in [1.29, 1.82) is 0 Å². The largest absolute Gasteiger partial charge is 0.489 e. The Balaban J connectivity index is 1.37. The predicted molar refractivity (Wildman–Crippen MR) is 143 cm³/mol. The number of anilines is 1. The number of amides is 1. The Kier molecular flexibility index (Phi) is 8.50. The summed E-state index contributed by atoms with van der Waals surface area (Å²) in [6.07, 6.45) is 4.36. The molecule has 37 heavy (non-hydrogen) atoms. The maximum atomic E-state index is 13.2. The molecule has 0 radical (unpaired) electrons. The van der Waals surface area contributed by atoms with Crippen LogP contribution < -0.4 is 14.5 Å². The first kappa shape index (κ1) is 25.9. The van der Waals surface area contributed by atoms with Gasteiger partial charge < -0.3 is 4.74 Å². The summed E-state index contributed by atoms with van der Waals surface area (Å²) in [6.45, 7) is -0.0973. The highest BCUT2D eigenvalue weighted by Crippen LogP contribution is 2.22. The third-order valence-electron chi connectivity index (χ3n) is 5.13. The molecule has 0 saturated heterocycles. The number of aromatic nitrogens is 1. The lowest BCUT2D eigenvalue weighted by molar-refractivity contribution is -0.119. The number of hydrogen-bond acceptors (Lipinski definition) is 6. The molecule has 0 aliphatic heterocycles. The number of pyridine rings is 1.